The lowest BCUT2D eigenvalue weighted by molar-refractivity contribution is 0.0955. The highest BCUT2D eigenvalue weighted by atomic mass is 32.1. The number of carbonyl (C=O) groups is 1. The summed E-state index contributed by atoms with van der Waals surface area (Å²) in [6.07, 6.45) is 0.848. The molecule has 0 fully saturated rings. The maximum Gasteiger partial charge on any atom is 0.253 e. The number of hydrogen-bond donors (Lipinski definition) is 2. The fourth-order valence-electron chi connectivity index (χ4n) is 1.72. The third-order valence-corrected chi connectivity index (χ3v) is 3.46. The molecule has 0 bridgehead atoms. The van der Waals surface area contributed by atoms with Gasteiger partial charge in [0.15, 0.2) is 0 Å². The average Bonchev–Trinajstić information content (AvgIpc) is 2.85. The average molecular weight is 260 g/mol. The lowest BCUT2D eigenvalue weighted by Crippen LogP contribution is -2.26. The number of amides is 1. The van der Waals surface area contributed by atoms with E-state index in [4.69, 9.17) is 5.73 Å². The summed E-state index contributed by atoms with van der Waals surface area (Å²) in [6, 6.07) is 7.55. The largest absolute Gasteiger partial charge is 0.398 e. The van der Waals surface area contributed by atoms with Crippen LogP contribution in [0.4, 0.5) is 5.69 Å². The van der Waals surface area contributed by atoms with E-state index >= 15 is 0 Å². The van der Waals surface area contributed by atoms with E-state index in [1.165, 1.54) is 5.56 Å². The molecule has 2 rings (SSSR count). The van der Waals surface area contributed by atoms with Crippen molar-refractivity contribution in [2.75, 3.05) is 12.3 Å². The van der Waals surface area contributed by atoms with Crippen LogP contribution in [0.15, 0.2) is 35.0 Å². The van der Waals surface area contributed by atoms with Crippen molar-refractivity contribution < 1.29 is 4.79 Å². The van der Waals surface area contributed by atoms with Gasteiger partial charge < -0.3 is 11.1 Å². The Morgan fingerprint density at radius 1 is 1.39 bits per heavy atom. The van der Waals surface area contributed by atoms with E-state index in [-0.39, 0.29) is 5.91 Å². The van der Waals surface area contributed by atoms with Crippen LogP contribution in [0.5, 0.6) is 0 Å². The second-order valence-corrected chi connectivity index (χ2v) is 5.01. The van der Waals surface area contributed by atoms with Gasteiger partial charge in [0.2, 0.25) is 0 Å². The van der Waals surface area contributed by atoms with Crippen LogP contribution in [-0.4, -0.2) is 12.5 Å². The van der Waals surface area contributed by atoms with Crippen molar-refractivity contribution >= 4 is 22.9 Å². The first kappa shape index (κ1) is 12.6. The van der Waals surface area contributed by atoms with Gasteiger partial charge in [0.1, 0.15) is 0 Å². The number of rotatable bonds is 4. The van der Waals surface area contributed by atoms with Crippen molar-refractivity contribution in [3.8, 4) is 0 Å². The maximum absolute atomic E-state index is 12.0. The highest BCUT2D eigenvalue weighted by Gasteiger charge is 2.09. The standard InChI is InChI=1S/C14H16N2OS/c1-10-2-3-13(15)12(8-10)14(17)16-6-4-11-5-7-18-9-11/h2-3,5,7-9H,4,6,15H2,1H3,(H,16,17). The molecule has 4 heteroatoms. The summed E-state index contributed by atoms with van der Waals surface area (Å²) in [7, 11) is 0. The second-order valence-electron chi connectivity index (χ2n) is 4.23. The van der Waals surface area contributed by atoms with Crippen LogP contribution < -0.4 is 11.1 Å². The predicted molar refractivity (Wildman–Crippen MR) is 75.9 cm³/mol. The highest BCUT2D eigenvalue weighted by Crippen LogP contribution is 2.13. The number of hydrogen-bond acceptors (Lipinski definition) is 3. The molecule has 0 aliphatic heterocycles. The smallest absolute Gasteiger partial charge is 0.253 e. The number of carbonyl (C=O) groups excluding carboxylic acids is 1. The minimum atomic E-state index is -0.105. The van der Waals surface area contributed by atoms with Crippen molar-refractivity contribution in [1.29, 1.82) is 0 Å². The number of aryl methyl sites for hydroxylation is 1. The van der Waals surface area contributed by atoms with Gasteiger partial charge >= 0.3 is 0 Å². The minimum absolute atomic E-state index is 0.105. The van der Waals surface area contributed by atoms with E-state index in [0.717, 1.165) is 12.0 Å². The molecule has 0 aliphatic rings. The van der Waals surface area contributed by atoms with Crippen LogP contribution in [0.1, 0.15) is 21.5 Å². The summed E-state index contributed by atoms with van der Waals surface area (Å²) in [5.74, 6) is -0.105. The van der Waals surface area contributed by atoms with Crippen molar-refractivity contribution in [3.63, 3.8) is 0 Å². The lowest BCUT2D eigenvalue weighted by atomic mass is 10.1. The first-order valence-electron chi connectivity index (χ1n) is 5.82. The van der Waals surface area contributed by atoms with E-state index in [0.29, 0.717) is 17.8 Å². The van der Waals surface area contributed by atoms with Gasteiger partial charge in [-0.15, -0.1) is 0 Å². The van der Waals surface area contributed by atoms with Gasteiger partial charge in [-0.1, -0.05) is 11.6 Å². The molecule has 1 aromatic heterocycles. The molecule has 0 saturated carbocycles. The Morgan fingerprint density at radius 2 is 2.22 bits per heavy atom. The van der Waals surface area contributed by atoms with Crippen molar-refractivity contribution in [2.24, 2.45) is 0 Å². The highest BCUT2D eigenvalue weighted by molar-refractivity contribution is 7.07. The van der Waals surface area contributed by atoms with Gasteiger partial charge in [-0.25, -0.2) is 0 Å². The maximum atomic E-state index is 12.0. The lowest BCUT2D eigenvalue weighted by Gasteiger charge is -2.08. The van der Waals surface area contributed by atoms with Crippen molar-refractivity contribution in [1.82, 2.24) is 5.32 Å². The van der Waals surface area contributed by atoms with E-state index in [1.807, 2.05) is 24.4 Å². The normalized spacial score (nSPS) is 10.3. The van der Waals surface area contributed by atoms with Crippen LogP contribution in [-0.2, 0) is 6.42 Å². The number of benzene rings is 1. The monoisotopic (exact) mass is 260 g/mol. The Labute approximate surface area is 111 Å². The zero-order chi connectivity index (χ0) is 13.0. The van der Waals surface area contributed by atoms with Crippen LogP contribution in [0.25, 0.3) is 0 Å². The van der Waals surface area contributed by atoms with Gasteiger partial charge in [0, 0.05) is 12.2 Å². The van der Waals surface area contributed by atoms with Crippen LogP contribution in [0.2, 0.25) is 0 Å². The van der Waals surface area contributed by atoms with Crippen LogP contribution >= 0.6 is 11.3 Å². The Morgan fingerprint density at radius 3 is 2.94 bits per heavy atom. The van der Waals surface area contributed by atoms with E-state index in [1.54, 1.807) is 17.4 Å². The third-order valence-electron chi connectivity index (χ3n) is 2.73. The molecule has 2 aromatic rings. The topological polar surface area (TPSA) is 55.1 Å². The van der Waals surface area contributed by atoms with E-state index < -0.39 is 0 Å². The molecule has 0 unspecified atom stereocenters. The Bertz CT molecular complexity index is 535. The zero-order valence-corrected chi connectivity index (χ0v) is 11.1. The molecule has 0 aliphatic carbocycles. The molecule has 1 heterocycles. The molecule has 1 amide bonds. The van der Waals surface area contributed by atoms with Gasteiger partial charge in [-0.05, 0) is 47.9 Å². The molecular formula is C14H16N2OS. The van der Waals surface area contributed by atoms with Gasteiger partial charge in [-0.2, -0.15) is 11.3 Å². The number of nitrogens with two attached hydrogens (primary N) is 1. The number of anilines is 1. The summed E-state index contributed by atoms with van der Waals surface area (Å²) in [5.41, 5.74) is 9.16. The Hall–Kier alpha value is -1.81. The molecule has 3 N–H and O–H groups in total. The molecule has 18 heavy (non-hydrogen) atoms. The molecule has 0 atom stereocenters. The number of nitrogen functional groups attached to an aromatic ring is 1. The molecule has 0 saturated heterocycles. The fourth-order valence-corrected chi connectivity index (χ4v) is 2.42. The first-order valence-corrected chi connectivity index (χ1v) is 6.76. The Kier molecular flexibility index (Phi) is 3.99. The van der Waals surface area contributed by atoms with E-state index in [2.05, 4.69) is 16.8 Å². The van der Waals surface area contributed by atoms with Crippen molar-refractivity contribution in [3.05, 3.63) is 51.7 Å². The number of nitrogens with one attached hydrogen (secondary N) is 1. The third kappa shape index (κ3) is 3.11. The molecule has 3 nitrogen and oxygen atoms in total. The van der Waals surface area contributed by atoms with Crippen LogP contribution in [0, 0.1) is 6.92 Å². The fraction of sp³-hybridized carbons (Fsp3) is 0.214. The first-order chi connectivity index (χ1) is 8.66. The quantitative estimate of drug-likeness (QED) is 0.830. The summed E-state index contributed by atoms with van der Waals surface area (Å²) in [4.78, 5) is 12.0. The minimum Gasteiger partial charge on any atom is -0.398 e. The number of thiophene rings is 1. The molecule has 0 radical (unpaired) electrons. The summed E-state index contributed by atoms with van der Waals surface area (Å²) < 4.78 is 0. The zero-order valence-electron chi connectivity index (χ0n) is 10.3. The SMILES string of the molecule is Cc1ccc(N)c(C(=O)NCCc2ccsc2)c1. The van der Waals surface area contributed by atoms with Gasteiger partial charge in [-0.3, -0.25) is 4.79 Å². The van der Waals surface area contributed by atoms with Crippen LogP contribution in [0.3, 0.4) is 0 Å². The van der Waals surface area contributed by atoms with Crippen molar-refractivity contribution in [2.45, 2.75) is 13.3 Å². The summed E-state index contributed by atoms with van der Waals surface area (Å²) >= 11 is 1.67. The molecule has 94 valence electrons. The van der Waals surface area contributed by atoms with E-state index in [9.17, 15) is 4.79 Å². The van der Waals surface area contributed by atoms with Gasteiger partial charge in [0.25, 0.3) is 5.91 Å². The second kappa shape index (κ2) is 5.69. The van der Waals surface area contributed by atoms with Gasteiger partial charge in [0.05, 0.1) is 5.56 Å². The predicted octanol–water partition coefficient (Wildman–Crippen LogP) is 2.61. The molecule has 0 spiro atoms. The summed E-state index contributed by atoms with van der Waals surface area (Å²) in [6.45, 7) is 2.57. The summed E-state index contributed by atoms with van der Waals surface area (Å²) in [5, 5.41) is 7.02. The molecular weight excluding hydrogens is 244 g/mol. The Balaban J connectivity index is 1.93. The molecule has 1 aromatic carbocycles.